The summed E-state index contributed by atoms with van der Waals surface area (Å²) < 4.78 is 16.0. The van der Waals surface area contributed by atoms with Gasteiger partial charge >= 0.3 is 0 Å². The molecule has 0 aliphatic heterocycles. The molecule has 2 aromatic rings. The van der Waals surface area contributed by atoms with Gasteiger partial charge in [0.15, 0.2) is 0 Å². The molecule has 1 aliphatic rings. The van der Waals surface area contributed by atoms with Crippen LogP contribution in [0.25, 0.3) is 11.3 Å². The number of nitrogens with zero attached hydrogens (tertiary/aromatic N) is 2. The van der Waals surface area contributed by atoms with Gasteiger partial charge in [-0.25, -0.2) is 4.39 Å². The van der Waals surface area contributed by atoms with E-state index in [1.165, 1.54) is 25.0 Å². The maximum atomic E-state index is 13.0. The SMILES string of the molecule is Cc1nn(CC2CC2)c(-c2ccc(F)cc2)c1Br. The Labute approximate surface area is 114 Å². The van der Waals surface area contributed by atoms with Crippen molar-refractivity contribution in [1.29, 1.82) is 0 Å². The molecule has 0 radical (unpaired) electrons. The summed E-state index contributed by atoms with van der Waals surface area (Å²) >= 11 is 3.59. The summed E-state index contributed by atoms with van der Waals surface area (Å²) in [5, 5.41) is 4.57. The summed E-state index contributed by atoms with van der Waals surface area (Å²) in [7, 11) is 0. The summed E-state index contributed by atoms with van der Waals surface area (Å²) in [6, 6.07) is 6.59. The summed E-state index contributed by atoms with van der Waals surface area (Å²) in [6.07, 6.45) is 2.58. The molecule has 1 fully saturated rings. The van der Waals surface area contributed by atoms with E-state index in [0.717, 1.165) is 33.9 Å². The molecule has 1 aromatic carbocycles. The largest absolute Gasteiger partial charge is 0.263 e. The topological polar surface area (TPSA) is 17.8 Å². The van der Waals surface area contributed by atoms with Gasteiger partial charge in [0.1, 0.15) is 5.82 Å². The van der Waals surface area contributed by atoms with Crippen LogP contribution in [0.3, 0.4) is 0 Å². The first-order valence-corrected chi connectivity index (χ1v) is 6.93. The summed E-state index contributed by atoms with van der Waals surface area (Å²) in [5.74, 6) is 0.551. The number of rotatable bonds is 3. The van der Waals surface area contributed by atoms with Crippen LogP contribution in [0.4, 0.5) is 4.39 Å². The van der Waals surface area contributed by atoms with Crippen LogP contribution in [0.5, 0.6) is 0 Å². The highest BCUT2D eigenvalue weighted by molar-refractivity contribution is 9.10. The second-order valence-corrected chi connectivity index (χ2v) is 5.67. The van der Waals surface area contributed by atoms with Crippen molar-refractivity contribution in [2.75, 3.05) is 0 Å². The third-order valence-corrected chi connectivity index (χ3v) is 4.25. The zero-order chi connectivity index (χ0) is 12.7. The van der Waals surface area contributed by atoms with E-state index in [4.69, 9.17) is 0 Å². The van der Waals surface area contributed by atoms with E-state index in [9.17, 15) is 4.39 Å². The van der Waals surface area contributed by atoms with E-state index in [-0.39, 0.29) is 5.82 Å². The van der Waals surface area contributed by atoms with Crippen LogP contribution in [0, 0.1) is 18.7 Å². The third kappa shape index (κ3) is 2.21. The first-order chi connectivity index (χ1) is 8.65. The number of halogens is 2. The highest BCUT2D eigenvalue weighted by Gasteiger charge is 2.25. The molecule has 0 atom stereocenters. The molecule has 94 valence electrons. The fraction of sp³-hybridized carbons (Fsp3) is 0.357. The molecule has 0 saturated heterocycles. The van der Waals surface area contributed by atoms with Crippen molar-refractivity contribution < 1.29 is 4.39 Å². The Morgan fingerprint density at radius 3 is 2.61 bits per heavy atom. The standard InChI is InChI=1S/C14H14BrFN2/c1-9-13(15)14(11-4-6-12(16)7-5-11)18(17-9)8-10-2-3-10/h4-7,10H,2-3,8H2,1H3. The number of aromatic nitrogens is 2. The van der Waals surface area contributed by atoms with E-state index in [1.54, 1.807) is 12.1 Å². The van der Waals surface area contributed by atoms with Crippen molar-refractivity contribution in [3.05, 3.63) is 40.2 Å². The van der Waals surface area contributed by atoms with Crippen LogP contribution in [0.1, 0.15) is 18.5 Å². The van der Waals surface area contributed by atoms with Gasteiger partial charge in [-0.2, -0.15) is 5.10 Å². The molecule has 18 heavy (non-hydrogen) atoms. The van der Waals surface area contributed by atoms with E-state index in [1.807, 2.05) is 11.6 Å². The Balaban J connectivity index is 2.05. The van der Waals surface area contributed by atoms with Crippen molar-refractivity contribution in [2.45, 2.75) is 26.3 Å². The lowest BCUT2D eigenvalue weighted by atomic mass is 10.1. The molecule has 4 heteroatoms. The fourth-order valence-electron chi connectivity index (χ4n) is 2.12. The van der Waals surface area contributed by atoms with Crippen molar-refractivity contribution in [2.24, 2.45) is 5.92 Å². The lowest BCUT2D eigenvalue weighted by Crippen LogP contribution is -2.04. The van der Waals surface area contributed by atoms with Gasteiger partial charge in [0, 0.05) is 12.1 Å². The minimum absolute atomic E-state index is 0.208. The highest BCUT2D eigenvalue weighted by Crippen LogP contribution is 2.36. The van der Waals surface area contributed by atoms with Crippen LogP contribution in [-0.4, -0.2) is 9.78 Å². The van der Waals surface area contributed by atoms with Gasteiger partial charge in [0.2, 0.25) is 0 Å². The van der Waals surface area contributed by atoms with Gasteiger partial charge in [0.05, 0.1) is 15.9 Å². The van der Waals surface area contributed by atoms with Crippen LogP contribution < -0.4 is 0 Å². The molecule has 0 unspecified atom stereocenters. The van der Waals surface area contributed by atoms with E-state index in [2.05, 4.69) is 21.0 Å². The molecule has 1 aromatic heterocycles. The third-order valence-electron chi connectivity index (χ3n) is 3.30. The molecule has 3 rings (SSSR count). The van der Waals surface area contributed by atoms with Crippen LogP contribution >= 0.6 is 15.9 Å². The molecule has 1 saturated carbocycles. The van der Waals surface area contributed by atoms with Crippen LogP contribution in [-0.2, 0) is 6.54 Å². The molecular weight excluding hydrogens is 295 g/mol. The Kier molecular flexibility index (Phi) is 2.98. The highest BCUT2D eigenvalue weighted by atomic mass is 79.9. The van der Waals surface area contributed by atoms with Gasteiger partial charge < -0.3 is 0 Å². The first kappa shape index (κ1) is 11.9. The lowest BCUT2D eigenvalue weighted by Gasteiger charge is -2.07. The second-order valence-electron chi connectivity index (χ2n) is 4.88. The van der Waals surface area contributed by atoms with E-state index in [0.29, 0.717) is 0 Å². The first-order valence-electron chi connectivity index (χ1n) is 6.14. The van der Waals surface area contributed by atoms with Gasteiger partial charge in [-0.1, -0.05) is 0 Å². The van der Waals surface area contributed by atoms with E-state index < -0.39 is 0 Å². The van der Waals surface area contributed by atoms with Crippen LogP contribution in [0.2, 0.25) is 0 Å². The summed E-state index contributed by atoms with van der Waals surface area (Å²) in [4.78, 5) is 0. The Morgan fingerprint density at radius 2 is 2.00 bits per heavy atom. The molecule has 2 nitrogen and oxygen atoms in total. The van der Waals surface area contributed by atoms with Crippen molar-refractivity contribution in [3.8, 4) is 11.3 Å². The molecule has 0 amide bonds. The van der Waals surface area contributed by atoms with Crippen LogP contribution in [0.15, 0.2) is 28.7 Å². The summed E-state index contributed by atoms with van der Waals surface area (Å²) in [6.45, 7) is 2.94. The maximum absolute atomic E-state index is 13.0. The molecule has 0 N–H and O–H groups in total. The predicted octanol–water partition coefficient (Wildman–Crippen LogP) is 4.17. The Morgan fingerprint density at radius 1 is 1.33 bits per heavy atom. The zero-order valence-corrected chi connectivity index (χ0v) is 11.7. The average Bonchev–Trinajstić information content (AvgIpc) is 3.10. The normalized spacial score (nSPS) is 15.1. The molecule has 1 heterocycles. The number of hydrogen-bond donors (Lipinski definition) is 0. The second kappa shape index (κ2) is 4.50. The van der Waals surface area contributed by atoms with Gasteiger partial charge in [-0.3, -0.25) is 4.68 Å². The number of aryl methyl sites for hydroxylation is 1. The summed E-state index contributed by atoms with van der Waals surface area (Å²) in [5.41, 5.74) is 3.04. The Hall–Kier alpha value is -1.16. The van der Waals surface area contributed by atoms with Gasteiger partial charge in [-0.05, 0) is 65.9 Å². The van der Waals surface area contributed by atoms with Gasteiger partial charge in [-0.15, -0.1) is 0 Å². The monoisotopic (exact) mass is 308 g/mol. The van der Waals surface area contributed by atoms with Crippen molar-refractivity contribution in [3.63, 3.8) is 0 Å². The quantitative estimate of drug-likeness (QED) is 0.832. The van der Waals surface area contributed by atoms with Gasteiger partial charge in [0.25, 0.3) is 0 Å². The number of benzene rings is 1. The predicted molar refractivity (Wildman–Crippen MR) is 72.8 cm³/mol. The van der Waals surface area contributed by atoms with E-state index >= 15 is 0 Å². The minimum atomic E-state index is -0.208. The zero-order valence-electron chi connectivity index (χ0n) is 10.2. The molecule has 0 spiro atoms. The molecular formula is C14H14BrFN2. The Bertz CT molecular complexity index is 570. The molecule has 0 bridgehead atoms. The average molecular weight is 309 g/mol. The van der Waals surface area contributed by atoms with Crippen molar-refractivity contribution in [1.82, 2.24) is 9.78 Å². The lowest BCUT2D eigenvalue weighted by molar-refractivity contribution is 0.565. The fourth-order valence-corrected chi connectivity index (χ4v) is 2.63. The van der Waals surface area contributed by atoms with Crippen molar-refractivity contribution >= 4 is 15.9 Å². The minimum Gasteiger partial charge on any atom is -0.263 e. The smallest absolute Gasteiger partial charge is 0.123 e. The number of hydrogen-bond acceptors (Lipinski definition) is 1. The molecule has 1 aliphatic carbocycles. The maximum Gasteiger partial charge on any atom is 0.123 e.